The highest BCUT2D eigenvalue weighted by atomic mass is 79.9. The van der Waals surface area contributed by atoms with E-state index in [2.05, 4.69) is 31.6 Å². The third-order valence-corrected chi connectivity index (χ3v) is 5.79. The Hall–Kier alpha value is -2.10. The zero-order valence-corrected chi connectivity index (χ0v) is 14.7. The van der Waals surface area contributed by atoms with Gasteiger partial charge in [0.25, 0.3) is 10.0 Å². The molecule has 116 valence electrons. The predicted molar refractivity (Wildman–Crippen MR) is 95.0 cm³/mol. The summed E-state index contributed by atoms with van der Waals surface area (Å²) in [5, 5.41) is 0. The molecule has 4 nitrogen and oxygen atoms in total. The van der Waals surface area contributed by atoms with Crippen molar-refractivity contribution < 1.29 is 8.42 Å². The Morgan fingerprint density at radius 1 is 1.26 bits per heavy atom. The van der Waals surface area contributed by atoms with Crippen molar-refractivity contribution >= 4 is 42.9 Å². The molecule has 1 aliphatic carbocycles. The quantitative estimate of drug-likeness (QED) is 0.770. The summed E-state index contributed by atoms with van der Waals surface area (Å²) in [6.45, 7) is 9.02. The first-order chi connectivity index (χ1) is 10.9. The summed E-state index contributed by atoms with van der Waals surface area (Å²) in [6, 6.07) is 9.61. The van der Waals surface area contributed by atoms with E-state index in [0.717, 1.165) is 21.2 Å². The van der Waals surface area contributed by atoms with Crippen molar-refractivity contribution in [3.8, 4) is 0 Å². The van der Waals surface area contributed by atoms with Gasteiger partial charge in [-0.1, -0.05) is 34.1 Å². The van der Waals surface area contributed by atoms with Gasteiger partial charge >= 0.3 is 0 Å². The molecule has 0 bridgehead atoms. The Morgan fingerprint density at radius 2 is 2.04 bits per heavy atom. The van der Waals surface area contributed by atoms with Gasteiger partial charge in [-0.05, 0) is 54.3 Å². The molecule has 2 aromatic rings. The second-order valence-electron chi connectivity index (χ2n) is 5.25. The maximum Gasteiger partial charge on any atom is 0.260 e. The van der Waals surface area contributed by atoms with E-state index < -0.39 is 10.0 Å². The maximum atomic E-state index is 12.6. The molecule has 0 fully saturated rings. The van der Waals surface area contributed by atoms with Crippen molar-refractivity contribution in [2.45, 2.75) is 18.2 Å². The van der Waals surface area contributed by atoms with Crippen molar-refractivity contribution in [2.75, 3.05) is 4.72 Å². The van der Waals surface area contributed by atoms with Crippen LogP contribution in [0.5, 0.6) is 0 Å². The number of rotatable bonds is 3. The minimum absolute atomic E-state index is 0.0883. The molecule has 1 N–H and O–H groups in total. The highest BCUT2D eigenvalue weighted by Crippen LogP contribution is 2.38. The summed E-state index contributed by atoms with van der Waals surface area (Å²) in [5.74, 6) is 0. The molecular formula is C17H13BrN2O2S. The van der Waals surface area contributed by atoms with E-state index in [1.54, 1.807) is 18.2 Å². The number of hydrogen-bond acceptors (Lipinski definition) is 2. The minimum Gasteiger partial charge on any atom is -0.279 e. The van der Waals surface area contributed by atoms with Crippen LogP contribution in [0.2, 0.25) is 0 Å². The van der Waals surface area contributed by atoms with Crippen LogP contribution in [0.4, 0.5) is 11.4 Å². The van der Waals surface area contributed by atoms with Crippen LogP contribution >= 0.6 is 15.9 Å². The SMILES string of the molecule is [C-]#[N+]c1cccc(S(=O)(=O)Nc2ccc(Br)c3c2CC=C3C)c1. The molecule has 0 atom stereocenters. The van der Waals surface area contributed by atoms with Crippen LogP contribution in [0.25, 0.3) is 10.4 Å². The second kappa shape index (κ2) is 5.84. The third-order valence-electron chi connectivity index (χ3n) is 3.77. The van der Waals surface area contributed by atoms with Gasteiger partial charge in [0.05, 0.1) is 17.2 Å². The van der Waals surface area contributed by atoms with Crippen molar-refractivity contribution in [1.29, 1.82) is 0 Å². The smallest absolute Gasteiger partial charge is 0.260 e. The number of nitrogens with zero attached hydrogens (tertiary/aromatic N) is 1. The number of halogens is 1. The average molecular weight is 389 g/mol. The molecule has 3 rings (SSSR count). The van der Waals surface area contributed by atoms with Crippen LogP contribution in [0, 0.1) is 6.57 Å². The largest absolute Gasteiger partial charge is 0.279 e. The lowest BCUT2D eigenvalue weighted by Gasteiger charge is -2.14. The van der Waals surface area contributed by atoms with Crippen molar-refractivity contribution in [1.82, 2.24) is 0 Å². The summed E-state index contributed by atoms with van der Waals surface area (Å²) in [4.78, 5) is 3.36. The number of allylic oxidation sites excluding steroid dienone is 2. The van der Waals surface area contributed by atoms with Gasteiger partial charge in [0, 0.05) is 4.47 Å². The number of benzene rings is 2. The third kappa shape index (κ3) is 2.90. The molecule has 23 heavy (non-hydrogen) atoms. The van der Waals surface area contributed by atoms with Crippen LogP contribution in [0.15, 0.2) is 51.8 Å². The molecule has 0 saturated carbocycles. The normalized spacial score (nSPS) is 13.2. The fourth-order valence-corrected chi connectivity index (χ4v) is 4.45. The maximum absolute atomic E-state index is 12.6. The summed E-state index contributed by atoms with van der Waals surface area (Å²) in [5.41, 5.74) is 4.00. The predicted octanol–water partition coefficient (Wildman–Crippen LogP) is 4.76. The van der Waals surface area contributed by atoms with E-state index in [1.807, 2.05) is 13.0 Å². The van der Waals surface area contributed by atoms with Gasteiger partial charge in [0.15, 0.2) is 5.69 Å². The van der Waals surface area contributed by atoms with Crippen LogP contribution in [0.3, 0.4) is 0 Å². The van der Waals surface area contributed by atoms with E-state index in [-0.39, 0.29) is 4.90 Å². The zero-order valence-electron chi connectivity index (χ0n) is 12.3. The molecule has 0 aliphatic heterocycles. The molecule has 1 aliphatic rings. The first kappa shape index (κ1) is 15.8. The molecule has 0 heterocycles. The van der Waals surface area contributed by atoms with Crippen LogP contribution in [-0.2, 0) is 16.4 Å². The molecule has 0 amide bonds. The van der Waals surface area contributed by atoms with Crippen LogP contribution < -0.4 is 4.72 Å². The van der Waals surface area contributed by atoms with Crippen molar-refractivity contribution in [3.63, 3.8) is 0 Å². The molecule has 0 radical (unpaired) electrons. The standard InChI is InChI=1S/C17H13BrN2O2S/c1-11-6-7-14-16(9-8-15(18)17(11)14)20-23(21,22)13-5-3-4-12(10-13)19-2/h3-6,8-10,20H,7H2,1H3. The Kier molecular flexibility index (Phi) is 4.00. The van der Waals surface area contributed by atoms with E-state index in [0.29, 0.717) is 17.8 Å². The zero-order chi connectivity index (χ0) is 16.6. The highest BCUT2D eigenvalue weighted by molar-refractivity contribution is 9.10. The summed E-state index contributed by atoms with van der Waals surface area (Å²) < 4.78 is 28.8. The van der Waals surface area contributed by atoms with Gasteiger partial charge in [0.1, 0.15) is 0 Å². The summed E-state index contributed by atoms with van der Waals surface area (Å²) in [7, 11) is -3.73. The lowest BCUT2D eigenvalue weighted by atomic mass is 10.1. The summed E-state index contributed by atoms with van der Waals surface area (Å²) in [6.07, 6.45) is 2.77. The lowest BCUT2D eigenvalue weighted by molar-refractivity contribution is 0.601. The van der Waals surface area contributed by atoms with Crippen molar-refractivity contribution in [2.24, 2.45) is 0 Å². The van der Waals surface area contributed by atoms with Gasteiger partial charge in [-0.2, -0.15) is 0 Å². The van der Waals surface area contributed by atoms with Crippen LogP contribution in [0.1, 0.15) is 18.1 Å². The Labute approximate surface area is 143 Å². The van der Waals surface area contributed by atoms with Gasteiger partial charge in [0.2, 0.25) is 0 Å². The number of nitrogens with one attached hydrogen (secondary N) is 1. The molecule has 0 aromatic heterocycles. The monoisotopic (exact) mass is 388 g/mol. The fraction of sp³-hybridized carbons (Fsp3) is 0.118. The lowest BCUT2D eigenvalue weighted by Crippen LogP contribution is -2.14. The Morgan fingerprint density at radius 3 is 2.78 bits per heavy atom. The van der Waals surface area contributed by atoms with Gasteiger partial charge in [-0.15, -0.1) is 0 Å². The number of sulfonamides is 1. The first-order valence-corrected chi connectivity index (χ1v) is 9.19. The van der Waals surface area contributed by atoms with E-state index in [4.69, 9.17) is 6.57 Å². The molecule has 0 spiro atoms. The van der Waals surface area contributed by atoms with Crippen LogP contribution in [-0.4, -0.2) is 8.42 Å². The Bertz CT molecular complexity index is 973. The van der Waals surface area contributed by atoms with Gasteiger partial charge < -0.3 is 0 Å². The minimum atomic E-state index is -3.73. The van der Waals surface area contributed by atoms with E-state index >= 15 is 0 Å². The van der Waals surface area contributed by atoms with Gasteiger partial charge in [-0.3, -0.25) is 4.72 Å². The molecule has 2 aromatic carbocycles. The highest BCUT2D eigenvalue weighted by Gasteiger charge is 2.21. The van der Waals surface area contributed by atoms with Crippen molar-refractivity contribution in [3.05, 3.63) is 69.5 Å². The topological polar surface area (TPSA) is 50.5 Å². The fourth-order valence-electron chi connectivity index (χ4n) is 2.63. The number of hydrogen-bond donors (Lipinski definition) is 1. The van der Waals surface area contributed by atoms with E-state index in [1.165, 1.54) is 12.1 Å². The van der Waals surface area contributed by atoms with Gasteiger partial charge in [-0.25, -0.2) is 13.3 Å². The van der Waals surface area contributed by atoms with E-state index in [9.17, 15) is 8.42 Å². The number of fused-ring (bicyclic) bond motifs is 1. The average Bonchev–Trinajstić information content (AvgIpc) is 2.93. The molecule has 0 unspecified atom stereocenters. The second-order valence-corrected chi connectivity index (χ2v) is 7.79. The number of anilines is 1. The summed E-state index contributed by atoms with van der Waals surface area (Å²) >= 11 is 3.51. The molecular weight excluding hydrogens is 376 g/mol. The molecule has 6 heteroatoms. The first-order valence-electron chi connectivity index (χ1n) is 6.91. The Balaban J connectivity index is 2.02. The molecule has 0 saturated heterocycles.